The van der Waals surface area contributed by atoms with Gasteiger partial charge in [0.2, 0.25) is 5.91 Å². The summed E-state index contributed by atoms with van der Waals surface area (Å²) in [4.78, 5) is 20.1. The van der Waals surface area contributed by atoms with Gasteiger partial charge in [-0.15, -0.1) is 0 Å². The normalized spacial score (nSPS) is 25.0. The minimum absolute atomic E-state index is 0.215. The van der Waals surface area contributed by atoms with Gasteiger partial charge < -0.3 is 4.90 Å². The molecule has 154 valence electrons. The molecule has 0 saturated carbocycles. The number of benzene rings is 1. The summed E-state index contributed by atoms with van der Waals surface area (Å²) in [5.74, 6) is 0.584. The van der Waals surface area contributed by atoms with Gasteiger partial charge in [0, 0.05) is 32.2 Å². The second-order valence-corrected chi connectivity index (χ2v) is 9.19. The molecule has 0 radical (unpaired) electrons. The Hall–Kier alpha value is -1.39. The fraction of sp³-hybridized carbons (Fsp3) is 0.708. The first-order valence-corrected chi connectivity index (χ1v) is 11.5. The molecular formula is C24H37N3O. The van der Waals surface area contributed by atoms with E-state index in [1.165, 1.54) is 51.7 Å². The molecule has 4 heteroatoms. The monoisotopic (exact) mass is 383 g/mol. The van der Waals surface area contributed by atoms with Crippen LogP contribution >= 0.6 is 0 Å². The average molecular weight is 384 g/mol. The van der Waals surface area contributed by atoms with Crippen molar-refractivity contribution in [2.75, 3.05) is 39.8 Å². The number of nitrogens with zero attached hydrogens (tertiary/aromatic N) is 3. The molecule has 2 fully saturated rings. The van der Waals surface area contributed by atoms with Gasteiger partial charge in [-0.2, -0.15) is 0 Å². The maximum Gasteiger partial charge on any atom is 0.226 e. The van der Waals surface area contributed by atoms with E-state index in [0.717, 1.165) is 25.9 Å². The molecule has 1 aromatic carbocycles. The molecule has 2 saturated heterocycles. The van der Waals surface area contributed by atoms with Crippen molar-refractivity contribution in [2.45, 2.75) is 64.0 Å². The van der Waals surface area contributed by atoms with E-state index >= 15 is 0 Å². The van der Waals surface area contributed by atoms with Crippen LogP contribution in [0.4, 0.5) is 0 Å². The molecule has 4 nitrogen and oxygen atoms in total. The van der Waals surface area contributed by atoms with Gasteiger partial charge in [-0.1, -0.05) is 31.2 Å². The van der Waals surface area contributed by atoms with Crippen LogP contribution in [0.15, 0.2) is 24.3 Å². The van der Waals surface area contributed by atoms with Crippen molar-refractivity contribution in [3.8, 4) is 0 Å². The van der Waals surface area contributed by atoms with Crippen LogP contribution in [0.2, 0.25) is 0 Å². The van der Waals surface area contributed by atoms with Gasteiger partial charge in [0.25, 0.3) is 0 Å². The zero-order valence-corrected chi connectivity index (χ0v) is 17.8. The molecule has 1 atom stereocenters. The third-order valence-electron chi connectivity index (χ3n) is 7.30. The van der Waals surface area contributed by atoms with Crippen LogP contribution in [0.25, 0.3) is 0 Å². The molecule has 0 spiro atoms. The first-order valence-electron chi connectivity index (χ1n) is 11.5. The predicted molar refractivity (Wildman–Crippen MR) is 114 cm³/mol. The average Bonchev–Trinajstić information content (AvgIpc) is 3.18. The lowest BCUT2D eigenvalue weighted by molar-refractivity contribution is -0.136. The van der Waals surface area contributed by atoms with Crippen molar-refractivity contribution >= 4 is 5.91 Å². The fourth-order valence-electron chi connectivity index (χ4n) is 5.71. The van der Waals surface area contributed by atoms with E-state index in [9.17, 15) is 4.79 Å². The topological polar surface area (TPSA) is 26.8 Å². The Labute approximate surface area is 170 Å². The third-order valence-corrected chi connectivity index (χ3v) is 7.30. The van der Waals surface area contributed by atoms with E-state index in [0.29, 0.717) is 18.0 Å². The molecule has 28 heavy (non-hydrogen) atoms. The van der Waals surface area contributed by atoms with Crippen LogP contribution < -0.4 is 0 Å². The molecule has 1 aliphatic carbocycles. The second-order valence-electron chi connectivity index (χ2n) is 9.19. The molecule has 0 bridgehead atoms. The molecule has 1 amide bonds. The number of carbonyl (C=O) groups excluding carboxylic acids is 1. The highest BCUT2D eigenvalue weighted by Gasteiger charge is 2.35. The van der Waals surface area contributed by atoms with Crippen molar-refractivity contribution in [3.05, 3.63) is 35.4 Å². The van der Waals surface area contributed by atoms with E-state index in [1.54, 1.807) is 11.1 Å². The highest BCUT2D eigenvalue weighted by Crippen LogP contribution is 2.30. The standard InChI is InChI=1S/C24H37N3O/c1-3-12-25(2)24(28)21-9-6-13-27(18-21)22-10-14-26(15-11-22)23-16-19-7-4-5-8-20(19)17-23/h4-5,7-8,21-23H,3,6,9-18H2,1-2H3. The highest BCUT2D eigenvalue weighted by atomic mass is 16.2. The molecule has 1 unspecified atom stereocenters. The Bertz CT molecular complexity index is 643. The number of rotatable bonds is 5. The Morgan fingerprint density at radius 1 is 1.00 bits per heavy atom. The summed E-state index contributed by atoms with van der Waals surface area (Å²) in [7, 11) is 1.98. The SMILES string of the molecule is CCCN(C)C(=O)C1CCCN(C2CCN(C3Cc4ccccc4C3)CC2)C1. The van der Waals surface area contributed by atoms with E-state index in [1.807, 2.05) is 11.9 Å². The molecule has 0 N–H and O–H groups in total. The van der Waals surface area contributed by atoms with Crippen LogP contribution in [0.5, 0.6) is 0 Å². The molecule has 2 aliphatic heterocycles. The van der Waals surface area contributed by atoms with Crippen LogP contribution in [-0.4, -0.2) is 72.5 Å². The molecular weight excluding hydrogens is 346 g/mol. The highest BCUT2D eigenvalue weighted by molar-refractivity contribution is 5.78. The minimum atomic E-state index is 0.215. The summed E-state index contributed by atoms with van der Waals surface area (Å²) >= 11 is 0. The van der Waals surface area contributed by atoms with Gasteiger partial charge in [0.05, 0.1) is 5.92 Å². The fourth-order valence-corrected chi connectivity index (χ4v) is 5.71. The lowest BCUT2D eigenvalue weighted by Gasteiger charge is -2.43. The smallest absolute Gasteiger partial charge is 0.226 e. The van der Waals surface area contributed by atoms with Gasteiger partial charge in [0.15, 0.2) is 0 Å². The Kier molecular flexibility index (Phi) is 6.37. The lowest BCUT2D eigenvalue weighted by atomic mass is 9.92. The van der Waals surface area contributed by atoms with Crippen LogP contribution in [0.3, 0.4) is 0 Å². The second kappa shape index (κ2) is 8.96. The van der Waals surface area contributed by atoms with Gasteiger partial charge in [-0.3, -0.25) is 14.6 Å². The number of likely N-dealkylation sites (tertiary alicyclic amines) is 2. The number of carbonyl (C=O) groups is 1. The largest absolute Gasteiger partial charge is 0.345 e. The van der Waals surface area contributed by atoms with E-state index in [2.05, 4.69) is 41.0 Å². The third kappa shape index (κ3) is 4.28. The Morgan fingerprint density at radius 3 is 2.32 bits per heavy atom. The quantitative estimate of drug-likeness (QED) is 0.781. The number of piperidine rings is 2. The number of hydrogen-bond acceptors (Lipinski definition) is 3. The van der Waals surface area contributed by atoms with Gasteiger partial charge in [-0.25, -0.2) is 0 Å². The van der Waals surface area contributed by atoms with Crippen LogP contribution in [0, 0.1) is 5.92 Å². The van der Waals surface area contributed by atoms with E-state index in [4.69, 9.17) is 0 Å². The summed E-state index contributed by atoms with van der Waals surface area (Å²) in [5, 5.41) is 0. The molecule has 3 aliphatic rings. The van der Waals surface area contributed by atoms with Crippen molar-refractivity contribution in [1.29, 1.82) is 0 Å². The maximum atomic E-state index is 12.7. The van der Waals surface area contributed by atoms with E-state index < -0.39 is 0 Å². The number of hydrogen-bond donors (Lipinski definition) is 0. The first-order chi connectivity index (χ1) is 13.7. The molecule has 0 aromatic heterocycles. The Balaban J connectivity index is 1.27. The van der Waals surface area contributed by atoms with Crippen molar-refractivity contribution in [3.63, 3.8) is 0 Å². The van der Waals surface area contributed by atoms with Crippen LogP contribution in [0.1, 0.15) is 50.2 Å². The number of amides is 1. The first kappa shape index (κ1) is 19.9. The van der Waals surface area contributed by atoms with E-state index in [-0.39, 0.29) is 5.92 Å². The summed E-state index contributed by atoms with van der Waals surface area (Å²) in [5.41, 5.74) is 3.12. The molecule has 1 aromatic rings. The predicted octanol–water partition coefficient (Wildman–Crippen LogP) is 3.20. The van der Waals surface area contributed by atoms with Crippen molar-refractivity contribution < 1.29 is 4.79 Å². The van der Waals surface area contributed by atoms with Gasteiger partial charge in [-0.05, 0) is 75.7 Å². The summed E-state index contributed by atoms with van der Waals surface area (Å²) in [6.07, 6.45) is 8.27. The minimum Gasteiger partial charge on any atom is -0.345 e. The van der Waals surface area contributed by atoms with Crippen molar-refractivity contribution in [1.82, 2.24) is 14.7 Å². The van der Waals surface area contributed by atoms with Gasteiger partial charge >= 0.3 is 0 Å². The summed E-state index contributed by atoms with van der Waals surface area (Å²) < 4.78 is 0. The van der Waals surface area contributed by atoms with Crippen LogP contribution in [-0.2, 0) is 17.6 Å². The number of fused-ring (bicyclic) bond motifs is 1. The Morgan fingerprint density at radius 2 is 1.68 bits per heavy atom. The van der Waals surface area contributed by atoms with Gasteiger partial charge in [0.1, 0.15) is 0 Å². The zero-order chi connectivity index (χ0) is 19.5. The lowest BCUT2D eigenvalue weighted by Crippen LogP contribution is -2.52. The molecule has 4 rings (SSSR count). The molecule has 2 heterocycles. The zero-order valence-electron chi connectivity index (χ0n) is 17.8. The summed E-state index contributed by atoms with van der Waals surface area (Å²) in [6, 6.07) is 10.4. The summed E-state index contributed by atoms with van der Waals surface area (Å²) in [6.45, 7) is 7.63. The van der Waals surface area contributed by atoms with Crippen molar-refractivity contribution in [2.24, 2.45) is 5.92 Å². The maximum absolute atomic E-state index is 12.7.